The van der Waals surface area contributed by atoms with E-state index >= 15 is 0 Å². The van der Waals surface area contributed by atoms with Crippen molar-refractivity contribution in [2.75, 3.05) is 24.1 Å². The topological polar surface area (TPSA) is 106 Å². The van der Waals surface area contributed by atoms with Crippen LogP contribution < -0.4 is 9.04 Å². The molecule has 3 heterocycles. The molecule has 0 aliphatic carbocycles. The summed E-state index contributed by atoms with van der Waals surface area (Å²) in [6.07, 6.45) is 4.45. The van der Waals surface area contributed by atoms with E-state index in [0.29, 0.717) is 43.5 Å². The number of aromatic carboxylic acids is 1. The number of hydrogen-bond acceptors (Lipinski definition) is 6. The van der Waals surface area contributed by atoms with Gasteiger partial charge in [0.2, 0.25) is 0 Å². The second-order valence-corrected chi connectivity index (χ2v) is 10.4. The van der Waals surface area contributed by atoms with Gasteiger partial charge in [0.1, 0.15) is 16.5 Å². The first-order valence-corrected chi connectivity index (χ1v) is 12.4. The minimum atomic E-state index is -4.03. The maximum absolute atomic E-state index is 13.6. The molecule has 0 amide bonds. The molecule has 2 aromatic rings. The number of hydrogen-bond donors (Lipinski definition) is 1. The normalized spacial score (nSPS) is 19.4. The number of ether oxygens (including phenoxy) is 2. The number of pyridine rings is 1. The number of anilines is 1. The molecule has 0 radical (unpaired) electrons. The van der Waals surface area contributed by atoms with Crippen LogP contribution >= 0.6 is 11.6 Å². The fourth-order valence-electron chi connectivity index (χ4n) is 4.14. The maximum Gasteiger partial charge on any atom is 0.339 e. The molecule has 0 spiro atoms. The van der Waals surface area contributed by atoms with Crippen molar-refractivity contribution >= 4 is 33.3 Å². The van der Waals surface area contributed by atoms with Crippen LogP contribution in [-0.2, 0) is 21.2 Å². The van der Waals surface area contributed by atoms with Crippen LogP contribution in [0.25, 0.3) is 0 Å². The van der Waals surface area contributed by atoms with E-state index in [4.69, 9.17) is 21.1 Å². The molecule has 0 bridgehead atoms. The van der Waals surface area contributed by atoms with Crippen LogP contribution in [0.4, 0.5) is 5.69 Å². The molecule has 172 valence electrons. The van der Waals surface area contributed by atoms with E-state index in [2.05, 4.69) is 4.98 Å². The first-order chi connectivity index (χ1) is 15.3. The van der Waals surface area contributed by atoms with Crippen LogP contribution in [0, 0.1) is 5.92 Å². The Kier molecular flexibility index (Phi) is 6.60. The Hall–Kier alpha value is -2.36. The summed E-state index contributed by atoms with van der Waals surface area (Å²) in [4.78, 5) is 15.8. The Morgan fingerprint density at radius 1 is 1.28 bits per heavy atom. The quantitative estimate of drug-likeness (QED) is 0.627. The van der Waals surface area contributed by atoms with Gasteiger partial charge in [-0.05, 0) is 68.4 Å². The third-order valence-electron chi connectivity index (χ3n) is 5.96. The molecule has 4 rings (SSSR count). The van der Waals surface area contributed by atoms with Gasteiger partial charge < -0.3 is 14.6 Å². The first kappa shape index (κ1) is 22.8. The Morgan fingerprint density at radius 3 is 2.75 bits per heavy atom. The predicted octanol–water partition coefficient (Wildman–Crippen LogP) is 3.77. The summed E-state index contributed by atoms with van der Waals surface area (Å²) < 4.78 is 39.5. The van der Waals surface area contributed by atoms with Crippen LogP contribution in [0.1, 0.15) is 42.1 Å². The second-order valence-electron chi connectivity index (χ2n) is 8.15. The van der Waals surface area contributed by atoms with Gasteiger partial charge in [0, 0.05) is 19.3 Å². The third-order valence-corrected chi connectivity index (χ3v) is 8.09. The highest BCUT2D eigenvalue weighted by atomic mass is 35.5. The number of nitrogens with zero attached hydrogens (tertiary/aromatic N) is 2. The summed E-state index contributed by atoms with van der Waals surface area (Å²) in [6, 6.07) is 5.34. The zero-order chi connectivity index (χ0) is 22.9. The molecule has 1 N–H and O–H groups in total. The molecular formula is C22H25ClN2O6S. The maximum atomic E-state index is 13.6. The summed E-state index contributed by atoms with van der Waals surface area (Å²) >= 11 is 5.99. The SMILES string of the molecule is CC1CCc2cc(Cl)ncc2N1S(=O)(=O)c1ccc(OCC2CCOCC2)c(C(=O)O)c1. The lowest BCUT2D eigenvalue weighted by atomic mass is 10.0. The number of aryl methyl sites for hydroxylation is 1. The van der Waals surface area contributed by atoms with E-state index in [1.54, 1.807) is 6.07 Å². The summed E-state index contributed by atoms with van der Waals surface area (Å²) in [5.41, 5.74) is 1.07. The lowest BCUT2D eigenvalue weighted by molar-refractivity contribution is 0.0490. The van der Waals surface area contributed by atoms with Gasteiger partial charge in [0.25, 0.3) is 10.0 Å². The number of carboxylic acids is 1. The van der Waals surface area contributed by atoms with E-state index in [9.17, 15) is 18.3 Å². The molecule has 1 unspecified atom stereocenters. The molecule has 2 aliphatic heterocycles. The van der Waals surface area contributed by atoms with E-state index in [1.165, 1.54) is 28.7 Å². The van der Waals surface area contributed by atoms with Crippen molar-refractivity contribution in [2.45, 2.75) is 43.5 Å². The number of aromatic nitrogens is 1. The fourth-order valence-corrected chi connectivity index (χ4v) is 6.06. The first-order valence-electron chi connectivity index (χ1n) is 10.5. The number of sulfonamides is 1. The van der Waals surface area contributed by atoms with Crippen LogP contribution in [-0.4, -0.2) is 50.3 Å². The number of carbonyl (C=O) groups is 1. The largest absolute Gasteiger partial charge is 0.492 e. The highest BCUT2D eigenvalue weighted by Gasteiger charge is 2.35. The summed E-state index contributed by atoms with van der Waals surface area (Å²) in [7, 11) is -4.03. The average molecular weight is 481 g/mol. The van der Waals surface area contributed by atoms with Crippen molar-refractivity contribution < 1.29 is 27.8 Å². The third kappa shape index (κ3) is 4.55. The van der Waals surface area contributed by atoms with Gasteiger partial charge in [0.05, 0.1) is 23.4 Å². The molecule has 1 fully saturated rings. The van der Waals surface area contributed by atoms with Gasteiger partial charge in [-0.3, -0.25) is 4.31 Å². The Bertz CT molecular complexity index is 1120. The Morgan fingerprint density at radius 2 is 2.03 bits per heavy atom. The molecule has 32 heavy (non-hydrogen) atoms. The highest BCUT2D eigenvalue weighted by molar-refractivity contribution is 7.92. The minimum Gasteiger partial charge on any atom is -0.492 e. The van der Waals surface area contributed by atoms with Crippen molar-refractivity contribution in [2.24, 2.45) is 5.92 Å². The van der Waals surface area contributed by atoms with Gasteiger partial charge >= 0.3 is 5.97 Å². The molecule has 2 aliphatic rings. The summed E-state index contributed by atoms with van der Waals surface area (Å²) in [5.74, 6) is -0.813. The molecule has 1 saturated heterocycles. The van der Waals surface area contributed by atoms with E-state index in [-0.39, 0.29) is 28.2 Å². The Labute approximate surface area is 192 Å². The fraction of sp³-hybridized carbons (Fsp3) is 0.455. The zero-order valence-electron chi connectivity index (χ0n) is 17.7. The predicted molar refractivity (Wildman–Crippen MR) is 119 cm³/mol. The zero-order valence-corrected chi connectivity index (χ0v) is 19.2. The van der Waals surface area contributed by atoms with Gasteiger partial charge in [-0.25, -0.2) is 18.2 Å². The Balaban J connectivity index is 1.65. The van der Waals surface area contributed by atoms with Gasteiger partial charge in [0.15, 0.2) is 0 Å². The van der Waals surface area contributed by atoms with Gasteiger partial charge in [-0.2, -0.15) is 0 Å². The van der Waals surface area contributed by atoms with E-state index in [1.807, 2.05) is 6.92 Å². The van der Waals surface area contributed by atoms with Crippen LogP contribution in [0.5, 0.6) is 5.75 Å². The summed E-state index contributed by atoms with van der Waals surface area (Å²) in [6.45, 7) is 3.50. The van der Waals surface area contributed by atoms with E-state index < -0.39 is 16.0 Å². The smallest absolute Gasteiger partial charge is 0.339 e. The number of rotatable bonds is 6. The van der Waals surface area contributed by atoms with Crippen LogP contribution in [0.3, 0.4) is 0 Å². The number of fused-ring (bicyclic) bond motifs is 1. The molecule has 0 saturated carbocycles. The van der Waals surface area contributed by atoms with Gasteiger partial charge in [-0.15, -0.1) is 0 Å². The number of halogens is 1. The number of benzene rings is 1. The van der Waals surface area contributed by atoms with Crippen molar-refractivity contribution in [3.8, 4) is 5.75 Å². The lowest BCUT2D eigenvalue weighted by Crippen LogP contribution is -2.42. The van der Waals surface area contributed by atoms with Crippen molar-refractivity contribution in [3.05, 3.63) is 46.7 Å². The van der Waals surface area contributed by atoms with Gasteiger partial charge in [-0.1, -0.05) is 11.6 Å². The molecular weight excluding hydrogens is 456 g/mol. The van der Waals surface area contributed by atoms with Crippen LogP contribution in [0.2, 0.25) is 5.15 Å². The van der Waals surface area contributed by atoms with Crippen molar-refractivity contribution in [1.29, 1.82) is 0 Å². The standard InChI is InChI=1S/C22H25ClN2O6S/c1-14-2-3-16-10-21(23)24-12-19(16)25(14)32(28,29)17-4-5-20(18(11-17)22(26)27)31-13-15-6-8-30-9-7-15/h4-5,10-12,14-15H,2-3,6-9,13H2,1H3,(H,26,27). The minimum absolute atomic E-state index is 0.108. The molecule has 1 atom stereocenters. The lowest BCUT2D eigenvalue weighted by Gasteiger charge is -2.35. The highest BCUT2D eigenvalue weighted by Crippen LogP contribution is 2.36. The summed E-state index contributed by atoms with van der Waals surface area (Å²) in [5, 5.41) is 10.0. The average Bonchev–Trinajstić information content (AvgIpc) is 2.78. The molecule has 1 aromatic carbocycles. The molecule has 10 heteroatoms. The van der Waals surface area contributed by atoms with Crippen LogP contribution in [0.15, 0.2) is 35.4 Å². The number of carboxylic acid groups (broad SMARTS) is 1. The second kappa shape index (κ2) is 9.25. The van der Waals surface area contributed by atoms with E-state index in [0.717, 1.165) is 18.4 Å². The van der Waals surface area contributed by atoms with Crippen molar-refractivity contribution in [1.82, 2.24) is 4.98 Å². The monoisotopic (exact) mass is 480 g/mol. The molecule has 1 aromatic heterocycles. The van der Waals surface area contributed by atoms with Crippen molar-refractivity contribution in [3.63, 3.8) is 0 Å². The molecule has 8 nitrogen and oxygen atoms in total.